The van der Waals surface area contributed by atoms with Crippen molar-refractivity contribution in [2.45, 2.75) is 6.61 Å². The second-order valence-corrected chi connectivity index (χ2v) is 7.20. The first kappa shape index (κ1) is 22.2. The number of nitriles is 1. The lowest BCUT2D eigenvalue weighted by molar-refractivity contribution is -0.112. The molecule has 1 amide bonds. The first-order valence-electron chi connectivity index (χ1n) is 9.23. The number of carbonyl (C=O) groups is 1. The number of benzene rings is 3. The molecule has 0 unspecified atom stereocenters. The van der Waals surface area contributed by atoms with Crippen molar-refractivity contribution < 1.29 is 14.3 Å². The third-order valence-electron chi connectivity index (χ3n) is 4.33. The summed E-state index contributed by atoms with van der Waals surface area (Å²) in [6, 6.07) is 21.2. The molecule has 7 heteroatoms. The molecule has 3 rings (SSSR count). The highest BCUT2D eigenvalue weighted by Gasteiger charge is 2.12. The fourth-order valence-electron chi connectivity index (χ4n) is 2.75. The number of amides is 1. The molecule has 0 radical (unpaired) electrons. The summed E-state index contributed by atoms with van der Waals surface area (Å²) in [7, 11) is 1.51. The molecule has 31 heavy (non-hydrogen) atoms. The molecule has 3 aromatic carbocycles. The van der Waals surface area contributed by atoms with E-state index in [1.54, 1.807) is 60.7 Å². The molecule has 0 bridgehead atoms. The van der Waals surface area contributed by atoms with Crippen molar-refractivity contribution in [3.63, 3.8) is 0 Å². The van der Waals surface area contributed by atoms with Gasteiger partial charge in [0.25, 0.3) is 5.91 Å². The monoisotopic (exact) mass is 452 g/mol. The molecule has 1 N–H and O–H groups in total. The first-order valence-corrected chi connectivity index (χ1v) is 9.99. The van der Waals surface area contributed by atoms with E-state index in [2.05, 4.69) is 5.32 Å². The van der Waals surface area contributed by atoms with Gasteiger partial charge in [-0.15, -0.1) is 0 Å². The van der Waals surface area contributed by atoms with Crippen LogP contribution in [0.15, 0.2) is 72.3 Å². The zero-order chi connectivity index (χ0) is 22.2. The van der Waals surface area contributed by atoms with Gasteiger partial charge in [0.2, 0.25) is 0 Å². The number of carbonyl (C=O) groups excluding carboxylic acids is 1. The fraction of sp³-hybridized carbons (Fsp3) is 0.0833. The molecular weight excluding hydrogens is 435 g/mol. The van der Waals surface area contributed by atoms with E-state index in [9.17, 15) is 10.1 Å². The molecule has 0 aromatic heterocycles. The number of ether oxygens (including phenoxy) is 2. The van der Waals surface area contributed by atoms with Crippen molar-refractivity contribution in [1.82, 2.24) is 0 Å². The minimum Gasteiger partial charge on any atom is -0.493 e. The van der Waals surface area contributed by atoms with Crippen LogP contribution in [-0.2, 0) is 11.4 Å². The van der Waals surface area contributed by atoms with Crippen molar-refractivity contribution in [3.8, 4) is 17.6 Å². The van der Waals surface area contributed by atoms with Gasteiger partial charge in [-0.2, -0.15) is 5.26 Å². The molecule has 0 aliphatic heterocycles. The highest BCUT2D eigenvalue weighted by molar-refractivity contribution is 6.35. The number of nitrogens with one attached hydrogen (secondary N) is 1. The van der Waals surface area contributed by atoms with E-state index in [0.29, 0.717) is 38.4 Å². The molecule has 0 fully saturated rings. The smallest absolute Gasteiger partial charge is 0.266 e. The summed E-state index contributed by atoms with van der Waals surface area (Å²) in [6.07, 6.45) is 1.48. The van der Waals surface area contributed by atoms with Crippen molar-refractivity contribution >= 4 is 40.9 Å². The van der Waals surface area contributed by atoms with Crippen LogP contribution < -0.4 is 14.8 Å². The van der Waals surface area contributed by atoms with Crippen molar-refractivity contribution in [2.75, 3.05) is 12.4 Å². The summed E-state index contributed by atoms with van der Waals surface area (Å²) in [4.78, 5) is 12.4. The van der Waals surface area contributed by atoms with Gasteiger partial charge in [-0.25, -0.2) is 0 Å². The Bertz CT molecular complexity index is 1130. The Morgan fingerprint density at radius 2 is 1.74 bits per heavy atom. The van der Waals surface area contributed by atoms with Gasteiger partial charge >= 0.3 is 0 Å². The van der Waals surface area contributed by atoms with E-state index < -0.39 is 5.91 Å². The number of hydrogen-bond acceptors (Lipinski definition) is 4. The van der Waals surface area contributed by atoms with Gasteiger partial charge < -0.3 is 14.8 Å². The van der Waals surface area contributed by atoms with Gasteiger partial charge in [-0.1, -0.05) is 53.5 Å². The highest BCUT2D eigenvalue weighted by Crippen LogP contribution is 2.32. The zero-order valence-electron chi connectivity index (χ0n) is 16.6. The Kier molecular flexibility index (Phi) is 7.55. The van der Waals surface area contributed by atoms with Gasteiger partial charge in [-0.3, -0.25) is 4.79 Å². The first-order chi connectivity index (χ1) is 15.0. The molecule has 156 valence electrons. The third kappa shape index (κ3) is 5.79. The molecule has 3 aromatic rings. The molecule has 0 saturated carbocycles. The lowest BCUT2D eigenvalue weighted by Gasteiger charge is -2.13. The summed E-state index contributed by atoms with van der Waals surface area (Å²) in [5.41, 5.74) is 1.84. The highest BCUT2D eigenvalue weighted by atomic mass is 35.5. The summed E-state index contributed by atoms with van der Waals surface area (Å²) >= 11 is 12.4. The van der Waals surface area contributed by atoms with E-state index in [1.165, 1.54) is 13.2 Å². The summed E-state index contributed by atoms with van der Waals surface area (Å²) in [6.45, 7) is 0.160. The summed E-state index contributed by atoms with van der Waals surface area (Å²) in [5, 5.41) is 13.1. The lowest BCUT2D eigenvalue weighted by atomic mass is 10.1. The Morgan fingerprint density at radius 1 is 1.03 bits per heavy atom. The summed E-state index contributed by atoms with van der Waals surface area (Å²) < 4.78 is 11.2. The Morgan fingerprint density at radius 3 is 2.39 bits per heavy atom. The van der Waals surface area contributed by atoms with E-state index in [4.69, 9.17) is 32.7 Å². The maximum absolute atomic E-state index is 12.4. The number of methoxy groups -OCH3 is 1. The van der Waals surface area contributed by atoms with Crippen LogP contribution in [0, 0.1) is 11.3 Å². The van der Waals surface area contributed by atoms with Gasteiger partial charge in [0.1, 0.15) is 18.2 Å². The number of para-hydroxylation sites is 1. The lowest BCUT2D eigenvalue weighted by Crippen LogP contribution is -2.13. The van der Waals surface area contributed by atoms with Crippen molar-refractivity contribution in [1.29, 1.82) is 5.26 Å². The summed E-state index contributed by atoms with van der Waals surface area (Å²) in [5.74, 6) is 0.418. The average Bonchev–Trinajstić information content (AvgIpc) is 2.78. The van der Waals surface area contributed by atoms with Gasteiger partial charge in [-0.05, 0) is 48.0 Å². The SMILES string of the molecule is COc1cc(/C=C(/C#N)C(=O)Nc2ccccc2)ccc1OCc1c(Cl)cccc1Cl. The maximum atomic E-state index is 12.4. The third-order valence-corrected chi connectivity index (χ3v) is 5.04. The second-order valence-electron chi connectivity index (χ2n) is 6.39. The molecule has 0 spiro atoms. The Labute approximate surface area is 190 Å². The van der Waals surface area contributed by atoms with Crippen LogP contribution in [-0.4, -0.2) is 13.0 Å². The molecular formula is C24H18Cl2N2O3. The number of nitrogens with zero attached hydrogens (tertiary/aromatic N) is 1. The molecule has 0 saturated heterocycles. The van der Waals surface area contributed by atoms with Crippen LogP contribution in [0.3, 0.4) is 0 Å². The normalized spacial score (nSPS) is 10.8. The van der Waals surface area contributed by atoms with E-state index in [1.807, 2.05) is 12.1 Å². The molecule has 0 aliphatic rings. The topological polar surface area (TPSA) is 71.3 Å². The maximum Gasteiger partial charge on any atom is 0.266 e. The van der Waals surface area contributed by atoms with Crippen LogP contribution >= 0.6 is 23.2 Å². The van der Waals surface area contributed by atoms with E-state index in [0.717, 1.165) is 0 Å². The predicted octanol–water partition coefficient (Wildman–Crippen LogP) is 6.13. The van der Waals surface area contributed by atoms with Crippen molar-refractivity contribution in [2.24, 2.45) is 0 Å². The van der Waals surface area contributed by atoms with E-state index >= 15 is 0 Å². The second kappa shape index (κ2) is 10.5. The Balaban J connectivity index is 1.78. The largest absolute Gasteiger partial charge is 0.493 e. The van der Waals surface area contributed by atoms with Crippen molar-refractivity contribution in [3.05, 3.63) is 93.5 Å². The van der Waals surface area contributed by atoms with Crippen LogP contribution in [0.25, 0.3) is 6.08 Å². The van der Waals surface area contributed by atoms with E-state index in [-0.39, 0.29) is 12.2 Å². The molecule has 0 aliphatic carbocycles. The van der Waals surface area contributed by atoms with Gasteiger partial charge in [0.15, 0.2) is 11.5 Å². The number of rotatable bonds is 7. The van der Waals surface area contributed by atoms with Crippen LogP contribution in [0.5, 0.6) is 11.5 Å². The number of hydrogen-bond donors (Lipinski definition) is 1. The minimum absolute atomic E-state index is 0.0394. The van der Waals surface area contributed by atoms with Gasteiger partial charge in [0, 0.05) is 21.3 Å². The molecule has 0 heterocycles. The quantitative estimate of drug-likeness (QED) is 0.345. The molecule has 0 atom stereocenters. The van der Waals surface area contributed by atoms with Crippen LogP contribution in [0.2, 0.25) is 10.0 Å². The standard InChI is InChI=1S/C24H18Cl2N2O3/c1-30-23-13-16(12-17(14-27)24(29)28-18-6-3-2-4-7-18)10-11-22(23)31-15-19-20(25)8-5-9-21(19)26/h2-13H,15H2,1H3,(H,28,29)/b17-12-. The fourth-order valence-corrected chi connectivity index (χ4v) is 3.26. The predicted molar refractivity (Wildman–Crippen MR) is 122 cm³/mol. The van der Waals surface area contributed by atoms with Crippen LogP contribution in [0.4, 0.5) is 5.69 Å². The van der Waals surface area contributed by atoms with Gasteiger partial charge in [0.05, 0.1) is 7.11 Å². The van der Waals surface area contributed by atoms with Crippen LogP contribution in [0.1, 0.15) is 11.1 Å². The molecule has 5 nitrogen and oxygen atoms in total. The zero-order valence-corrected chi connectivity index (χ0v) is 18.1. The number of halogens is 2. The Hall–Kier alpha value is -3.46. The minimum atomic E-state index is -0.499. The number of anilines is 1. The average molecular weight is 453 g/mol.